The van der Waals surface area contributed by atoms with E-state index in [1.54, 1.807) is 26.8 Å². The Hall–Kier alpha value is -2.47. The van der Waals surface area contributed by atoms with E-state index < -0.39 is 23.6 Å². The van der Waals surface area contributed by atoms with E-state index in [0.717, 1.165) is 6.07 Å². The number of benzene rings is 2. The number of nitrogens with two attached hydrogens (primary N) is 1. The van der Waals surface area contributed by atoms with Gasteiger partial charge in [0, 0.05) is 23.2 Å². The Kier molecular flexibility index (Phi) is 5.74. The van der Waals surface area contributed by atoms with Gasteiger partial charge in [-0.2, -0.15) is 0 Å². The zero-order chi connectivity index (χ0) is 18.7. The highest BCUT2D eigenvalue weighted by atomic mass is 19.1. The van der Waals surface area contributed by atoms with Crippen LogP contribution >= 0.6 is 0 Å². The van der Waals surface area contributed by atoms with Gasteiger partial charge in [0.05, 0.1) is 13.0 Å². The molecule has 0 saturated heterocycles. The van der Waals surface area contributed by atoms with Crippen molar-refractivity contribution in [3.05, 3.63) is 52.6 Å². The first-order chi connectivity index (χ1) is 11.7. The third-order valence-electron chi connectivity index (χ3n) is 3.94. The Morgan fingerprint density at radius 2 is 1.88 bits per heavy atom. The molecule has 0 aromatic heterocycles. The van der Waals surface area contributed by atoms with Gasteiger partial charge in [-0.05, 0) is 55.7 Å². The lowest BCUT2D eigenvalue weighted by Crippen LogP contribution is -2.19. The first-order valence-electron chi connectivity index (χ1n) is 7.95. The molecule has 2 rings (SSSR count). The van der Waals surface area contributed by atoms with Crippen LogP contribution in [0, 0.1) is 25.5 Å². The van der Waals surface area contributed by atoms with E-state index in [1.807, 2.05) is 0 Å². The number of esters is 1. The van der Waals surface area contributed by atoms with Gasteiger partial charge in [-0.3, -0.25) is 4.79 Å². The van der Waals surface area contributed by atoms with Crippen LogP contribution in [-0.4, -0.2) is 17.7 Å². The fourth-order valence-corrected chi connectivity index (χ4v) is 2.82. The number of carbonyl (C=O) groups excluding carboxylic acids is 1. The summed E-state index contributed by atoms with van der Waals surface area (Å²) in [6.45, 7) is 5.11. The average molecular weight is 349 g/mol. The normalized spacial score (nSPS) is 12.1. The Balaban J connectivity index is 2.50. The van der Waals surface area contributed by atoms with Gasteiger partial charge in [-0.25, -0.2) is 8.78 Å². The zero-order valence-corrected chi connectivity index (χ0v) is 14.4. The molecule has 0 fully saturated rings. The van der Waals surface area contributed by atoms with Gasteiger partial charge in [-0.1, -0.05) is 0 Å². The minimum Gasteiger partial charge on any atom is -0.507 e. The van der Waals surface area contributed by atoms with E-state index in [1.165, 1.54) is 12.1 Å². The van der Waals surface area contributed by atoms with Crippen LogP contribution in [0.1, 0.15) is 36.1 Å². The highest BCUT2D eigenvalue weighted by molar-refractivity contribution is 5.75. The van der Waals surface area contributed by atoms with Crippen LogP contribution < -0.4 is 5.73 Å². The van der Waals surface area contributed by atoms with E-state index in [2.05, 4.69) is 0 Å². The number of halogens is 2. The number of aromatic hydroxyl groups is 1. The standard InChI is InChI=1S/C19H21F2NO3/c1-4-25-17(24)9-15(22)14-7-12(5-11(3)19(14)21)18-10(2)6-13(20)8-16(18)23/h5-8,15,23H,4,9,22H2,1-3H3/t15-/m0/s1. The summed E-state index contributed by atoms with van der Waals surface area (Å²) in [5.41, 5.74) is 7.85. The molecule has 1 atom stereocenters. The van der Waals surface area contributed by atoms with Crippen molar-refractivity contribution in [2.45, 2.75) is 33.2 Å². The second-order valence-electron chi connectivity index (χ2n) is 5.93. The molecule has 2 aromatic rings. The molecule has 134 valence electrons. The van der Waals surface area contributed by atoms with Crippen LogP contribution in [0.25, 0.3) is 11.1 Å². The van der Waals surface area contributed by atoms with Crippen molar-refractivity contribution in [1.29, 1.82) is 0 Å². The Labute approximate surface area is 145 Å². The lowest BCUT2D eigenvalue weighted by Gasteiger charge is -2.17. The Morgan fingerprint density at radius 3 is 2.48 bits per heavy atom. The highest BCUT2D eigenvalue weighted by Gasteiger charge is 2.20. The molecule has 0 heterocycles. The number of aryl methyl sites for hydroxylation is 2. The maximum absolute atomic E-state index is 14.5. The smallest absolute Gasteiger partial charge is 0.307 e. The highest BCUT2D eigenvalue weighted by Crippen LogP contribution is 2.36. The number of phenols is 1. The van der Waals surface area contributed by atoms with E-state index in [9.17, 15) is 18.7 Å². The van der Waals surface area contributed by atoms with Crippen molar-refractivity contribution in [2.24, 2.45) is 5.73 Å². The summed E-state index contributed by atoms with van der Waals surface area (Å²) in [5.74, 6) is -1.83. The summed E-state index contributed by atoms with van der Waals surface area (Å²) < 4.78 is 32.7. The molecule has 6 heteroatoms. The van der Waals surface area contributed by atoms with Gasteiger partial charge in [0.1, 0.15) is 17.4 Å². The molecule has 0 unspecified atom stereocenters. The van der Waals surface area contributed by atoms with Crippen molar-refractivity contribution in [3.8, 4) is 16.9 Å². The van der Waals surface area contributed by atoms with E-state index >= 15 is 0 Å². The lowest BCUT2D eigenvalue weighted by molar-refractivity contribution is -0.143. The van der Waals surface area contributed by atoms with Crippen molar-refractivity contribution >= 4 is 5.97 Å². The number of carbonyl (C=O) groups is 1. The van der Waals surface area contributed by atoms with Crippen molar-refractivity contribution in [1.82, 2.24) is 0 Å². The van der Waals surface area contributed by atoms with Crippen LogP contribution in [0.3, 0.4) is 0 Å². The summed E-state index contributed by atoms with van der Waals surface area (Å²) in [5, 5.41) is 10.1. The van der Waals surface area contributed by atoms with Crippen molar-refractivity contribution in [3.63, 3.8) is 0 Å². The van der Waals surface area contributed by atoms with Crippen LogP contribution in [0.15, 0.2) is 24.3 Å². The third-order valence-corrected chi connectivity index (χ3v) is 3.94. The molecule has 2 aromatic carbocycles. The first-order valence-corrected chi connectivity index (χ1v) is 7.95. The molecule has 0 spiro atoms. The molecule has 0 aliphatic carbocycles. The zero-order valence-electron chi connectivity index (χ0n) is 14.4. The minimum atomic E-state index is -0.888. The summed E-state index contributed by atoms with van der Waals surface area (Å²) in [6.07, 6.45) is -0.165. The van der Waals surface area contributed by atoms with Crippen LogP contribution in [-0.2, 0) is 9.53 Å². The summed E-state index contributed by atoms with van der Waals surface area (Å²) in [6, 6.07) is 4.42. The summed E-state index contributed by atoms with van der Waals surface area (Å²) in [4.78, 5) is 11.6. The lowest BCUT2D eigenvalue weighted by atomic mass is 9.92. The third kappa shape index (κ3) is 4.14. The fourth-order valence-electron chi connectivity index (χ4n) is 2.82. The predicted octanol–water partition coefficient (Wildman–Crippen LogP) is 3.91. The molecule has 0 aliphatic heterocycles. The van der Waals surface area contributed by atoms with Gasteiger partial charge < -0.3 is 15.6 Å². The molecule has 4 nitrogen and oxygen atoms in total. The number of rotatable bonds is 5. The molecule has 0 saturated carbocycles. The fraction of sp³-hybridized carbons (Fsp3) is 0.316. The van der Waals surface area contributed by atoms with E-state index in [4.69, 9.17) is 10.5 Å². The topological polar surface area (TPSA) is 72.5 Å². The number of hydrogen-bond acceptors (Lipinski definition) is 4. The summed E-state index contributed by atoms with van der Waals surface area (Å²) in [7, 11) is 0. The van der Waals surface area contributed by atoms with Gasteiger partial charge in [0.25, 0.3) is 0 Å². The van der Waals surface area contributed by atoms with Crippen LogP contribution in [0.5, 0.6) is 5.75 Å². The van der Waals surface area contributed by atoms with Gasteiger partial charge in [-0.15, -0.1) is 0 Å². The Morgan fingerprint density at radius 1 is 1.20 bits per heavy atom. The van der Waals surface area contributed by atoms with Gasteiger partial charge in [0.15, 0.2) is 0 Å². The largest absolute Gasteiger partial charge is 0.507 e. The van der Waals surface area contributed by atoms with Crippen molar-refractivity contribution in [2.75, 3.05) is 6.61 Å². The number of ether oxygens (including phenoxy) is 1. The van der Waals surface area contributed by atoms with E-state index in [0.29, 0.717) is 22.3 Å². The first kappa shape index (κ1) is 18.9. The SMILES string of the molecule is CCOC(=O)C[C@H](N)c1cc(-c2c(C)cc(F)cc2O)cc(C)c1F. The van der Waals surface area contributed by atoms with Crippen LogP contribution in [0.4, 0.5) is 8.78 Å². The molecule has 0 aliphatic rings. The van der Waals surface area contributed by atoms with Crippen LogP contribution in [0.2, 0.25) is 0 Å². The molecule has 3 N–H and O–H groups in total. The summed E-state index contributed by atoms with van der Waals surface area (Å²) >= 11 is 0. The maximum Gasteiger partial charge on any atom is 0.307 e. The maximum atomic E-state index is 14.5. The minimum absolute atomic E-state index is 0.145. The number of phenolic OH excluding ortho intramolecular Hbond substituents is 1. The molecular weight excluding hydrogens is 328 g/mol. The number of hydrogen-bond donors (Lipinski definition) is 2. The molecular formula is C19H21F2NO3. The van der Waals surface area contributed by atoms with Gasteiger partial charge >= 0.3 is 5.97 Å². The van der Waals surface area contributed by atoms with Gasteiger partial charge in [0.2, 0.25) is 0 Å². The van der Waals surface area contributed by atoms with Crippen molar-refractivity contribution < 1.29 is 23.4 Å². The second-order valence-corrected chi connectivity index (χ2v) is 5.93. The molecule has 0 radical (unpaired) electrons. The molecule has 25 heavy (non-hydrogen) atoms. The average Bonchev–Trinajstić information content (AvgIpc) is 2.49. The molecule has 0 bridgehead atoms. The monoisotopic (exact) mass is 349 g/mol. The quantitative estimate of drug-likeness (QED) is 0.803. The van der Waals surface area contributed by atoms with E-state index in [-0.39, 0.29) is 24.3 Å². The second kappa shape index (κ2) is 7.61. The molecule has 0 amide bonds. The Bertz CT molecular complexity index is 782. The predicted molar refractivity (Wildman–Crippen MR) is 91.1 cm³/mol.